The van der Waals surface area contributed by atoms with Crippen LogP contribution >= 0.6 is 0 Å². The fourth-order valence-corrected chi connectivity index (χ4v) is 3.29. The van der Waals surface area contributed by atoms with Gasteiger partial charge in [-0.2, -0.15) is 5.06 Å². The topological polar surface area (TPSA) is 78.9 Å². The van der Waals surface area contributed by atoms with Gasteiger partial charge < -0.3 is 11.8 Å². The average Bonchev–Trinajstić information content (AvgIpc) is 2.70. The number of hydroxylamine groups is 2. The monoisotopic (exact) mass is 466 g/mol. The van der Waals surface area contributed by atoms with Crippen molar-refractivity contribution in [1.82, 2.24) is 10.4 Å². The van der Waals surface area contributed by atoms with Crippen LogP contribution in [-0.4, -0.2) is 48.3 Å². The van der Waals surface area contributed by atoms with Crippen molar-refractivity contribution in [2.24, 2.45) is 0 Å². The van der Waals surface area contributed by atoms with E-state index >= 15 is 0 Å². The van der Waals surface area contributed by atoms with Crippen molar-refractivity contribution in [3.8, 4) is 0 Å². The Morgan fingerprint density at radius 3 is 2.00 bits per heavy atom. The van der Waals surface area contributed by atoms with Gasteiger partial charge in [-0.1, -0.05) is 70.4 Å². The second-order valence-electron chi connectivity index (χ2n) is 7.86. The molecule has 31 heavy (non-hydrogen) atoms. The second-order valence-corrected chi connectivity index (χ2v) is 7.86. The zero-order chi connectivity index (χ0) is 22.3. The maximum Gasteiger partial charge on any atom is 1.00 e. The smallest absolute Gasteiger partial charge is 1.00 e. The molecule has 0 spiro atoms. The first-order chi connectivity index (χ1) is 14.6. The minimum Gasteiger partial charge on any atom is -1.00 e. The summed E-state index contributed by atoms with van der Waals surface area (Å²) in [6, 6.07) is 0. The Bertz CT molecular complexity index is 454. The first kappa shape index (κ1) is 33.4. The van der Waals surface area contributed by atoms with Crippen LogP contribution in [0.1, 0.15) is 105 Å². The molecular formula is C24H47KN2O4. The van der Waals surface area contributed by atoms with Gasteiger partial charge >= 0.3 is 57.4 Å². The van der Waals surface area contributed by atoms with Crippen molar-refractivity contribution in [2.75, 3.05) is 26.2 Å². The van der Waals surface area contributed by atoms with Crippen LogP contribution in [0.25, 0.3) is 0 Å². The predicted molar refractivity (Wildman–Crippen MR) is 124 cm³/mol. The summed E-state index contributed by atoms with van der Waals surface area (Å²) >= 11 is 0. The minimum absolute atomic E-state index is 0. The van der Waals surface area contributed by atoms with E-state index in [4.69, 9.17) is 9.94 Å². The van der Waals surface area contributed by atoms with Gasteiger partial charge in [0.25, 0.3) is 0 Å². The van der Waals surface area contributed by atoms with Gasteiger partial charge in [-0.15, -0.1) is 0 Å². The Morgan fingerprint density at radius 2 is 1.45 bits per heavy atom. The van der Waals surface area contributed by atoms with E-state index in [1.807, 2.05) is 0 Å². The van der Waals surface area contributed by atoms with E-state index in [2.05, 4.69) is 24.4 Å². The minimum atomic E-state index is -0.942. The molecule has 0 saturated heterocycles. The number of allylic oxidation sites excluding steroid dienone is 2. The molecule has 0 saturated carbocycles. The summed E-state index contributed by atoms with van der Waals surface area (Å²) in [4.78, 5) is 27.8. The SMILES string of the molecule is CCCCCCCC/C=C\CCCCCCCC(=O)NCCN(CC(=O)O)OCC.[H-].[K+]. The third-order valence-corrected chi connectivity index (χ3v) is 4.97. The number of unbranched alkanes of at least 4 members (excludes halogenated alkanes) is 11. The molecule has 0 heterocycles. The molecule has 1 amide bonds. The van der Waals surface area contributed by atoms with Crippen LogP contribution < -0.4 is 56.7 Å². The molecule has 0 aliphatic rings. The van der Waals surface area contributed by atoms with Gasteiger partial charge in [0.05, 0.1) is 6.61 Å². The van der Waals surface area contributed by atoms with Crippen LogP contribution in [0.4, 0.5) is 0 Å². The molecule has 0 radical (unpaired) electrons. The van der Waals surface area contributed by atoms with E-state index in [0.717, 1.165) is 12.8 Å². The fourth-order valence-electron chi connectivity index (χ4n) is 3.29. The molecule has 0 unspecified atom stereocenters. The number of aliphatic carboxylic acids is 1. The molecule has 0 bridgehead atoms. The Balaban J connectivity index is -0.00000420. The number of carboxylic acid groups (broad SMARTS) is 1. The first-order valence-corrected chi connectivity index (χ1v) is 12.1. The fraction of sp³-hybridized carbons (Fsp3) is 0.833. The molecule has 6 nitrogen and oxygen atoms in total. The third kappa shape index (κ3) is 26.4. The van der Waals surface area contributed by atoms with Crippen molar-refractivity contribution in [2.45, 2.75) is 104 Å². The van der Waals surface area contributed by atoms with Gasteiger partial charge in [0.1, 0.15) is 6.54 Å². The molecule has 0 fully saturated rings. The number of rotatable bonds is 22. The summed E-state index contributed by atoms with van der Waals surface area (Å²) in [5, 5.41) is 13.0. The van der Waals surface area contributed by atoms with E-state index < -0.39 is 5.97 Å². The van der Waals surface area contributed by atoms with Crippen molar-refractivity contribution in [3.63, 3.8) is 0 Å². The number of carbonyl (C=O) groups excluding carboxylic acids is 1. The van der Waals surface area contributed by atoms with Crippen LogP contribution in [0.2, 0.25) is 0 Å². The normalized spacial score (nSPS) is 11.1. The number of hydrogen-bond acceptors (Lipinski definition) is 4. The molecule has 7 heteroatoms. The van der Waals surface area contributed by atoms with Crippen LogP contribution in [0.5, 0.6) is 0 Å². The quantitative estimate of drug-likeness (QED) is 0.111. The van der Waals surface area contributed by atoms with Gasteiger partial charge in [0.15, 0.2) is 0 Å². The third-order valence-electron chi connectivity index (χ3n) is 4.97. The number of amides is 1. The molecule has 0 aliphatic heterocycles. The van der Waals surface area contributed by atoms with E-state index in [1.165, 1.54) is 75.7 Å². The number of hydrogen-bond donors (Lipinski definition) is 2. The maximum atomic E-state index is 11.8. The van der Waals surface area contributed by atoms with Crippen LogP contribution in [0.3, 0.4) is 0 Å². The van der Waals surface area contributed by atoms with E-state index in [-0.39, 0.29) is 65.3 Å². The zero-order valence-corrected chi connectivity index (χ0v) is 23.6. The van der Waals surface area contributed by atoms with Crippen LogP contribution in [0.15, 0.2) is 12.2 Å². The molecule has 0 rings (SSSR count). The molecule has 0 atom stereocenters. The standard InChI is InChI=1S/C24H46N2O4.K.H/c1-3-5-6-7-8-9-10-11-12-13-14-15-16-17-18-19-23(27)25-20-21-26(30-4-2)22-24(28)29;;/h11-12H,3-10,13-22H2,1-2H3,(H,25,27)(H,28,29);;/q;+1;-1/b12-11-;;. The van der Waals surface area contributed by atoms with Gasteiger partial charge in [0, 0.05) is 19.5 Å². The number of nitrogens with one attached hydrogen (secondary N) is 1. The molecule has 2 N–H and O–H groups in total. The maximum absolute atomic E-state index is 11.8. The largest absolute Gasteiger partial charge is 1.00 e. The summed E-state index contributed by atoms with van der Waals surface area (Å²) < 4.78 is 0. The Labute approximate surface area is 234 Å². The number of carboxylic acids is 1. The van der Waals surface area contributed by atoms with Gasteiger partial charge in [-0.05, 0) is 39.0 Å². The van der Waals surface area contributed by atoms with E-state index in [1.54, 1.807) is 6.92 Å². The zero-order valence-electron chi connectivity index (χ0n) is 21.5. The molecule has 0 aromatic heterocycles. The van der Waals surface area contributed by atoms with Crippen molar-refractivity contribution in [1.29, 1.82) is 0 Å². The number of nitrogens with zero attached hydrogens (tertiary/aromatic N) is 1. The Kier molecular flexibility index (Phi) is 28.5. The summed E-state index contributed by atoms with van der Waals surface area (Å²) in [7, 11) is 0. The molecular weight excluding hydrogens is 419 g/mol. The molecule has 178 valence electrons. The van der Waals surface area contributed by atoms with Crippen LogP contribution in [0, 0.1) is 0 Å². The predicted octanol–water partition coefficient (Wildman–Crippen LogP) is 2.59. The summed E-state index contributed by atoms with van der Waals surface area (Å²) in [5.74, 6) is -0.914. The average molecular weight is 467 g/mol. The molecule has 0 aliphatic carbocycles. The van der Waals surface area contributed by atoms with Crippen molar-refractivity contribution < 1.29 is 72.3 Å². The molecule has 0 aromatic carbocycles. The number of carbonyl (C=O) groups is 2. The van der Waals surface area contributed by atoms with E-state index in [0.29, 0.717) is 26.1 Å². The summed E-state index contributed by atoms with van der Waals surface area (Å²) in [5.41, 5.74) is 0. The Morgan fingerprint density at radius 1 is 0.903 bits per heavy atom. The van der Waals surface area contributed by atoms with Gasteiger partial charge in [-0.3, -0.25) is 14.4 Å². The van der Waals surface area contributed by atoms with Crippen LogP contribution in [-0.2, 0) is 14.4 Å². The second kappa shape index (κ2) is 26.5. The first-order valence-electron chi connectivity index (χ1n) is 12.1. The van der Waals surface area contributed by atoms with Crippen molar-refractivity contribution >= 4 is 11.9 Å². The molecule has 0 aromatic rings. The summed E-state index contributed by atoms with van der Waals surface area (Å²) in [6.45, 7) is 5.07. The summed E-state index contributed by atoms with van der Waals surface area (Å²) in [6.07, 6.45) is 21.4. The Hall–Kier alpha value is 0.236. The van der Waals surface area contributed by atoms with Gasteiger partial charge in [-0.25, -0.2) is 0 Å². The van der Waals surface area contributed by atoms with Gasteiger partial charge in [0.2, 0.25) is 5.91 Å². The van der Waals surface area contributed by atoms with Crippen molar-refractivity contribution in [3.05, 3.63) is 12.2 Å². The van der Waals surface area contributed by atoms with E-state index in [9.17, 15) is 9.59 Å².